The number of hydrogen-bond acceptors (Lipinski definition) is 1. The number of nitrogens with one attached hydrogen (secondary N) is 1. The molecule has 4 unspecified atom stereocenters. The molecule has 2 saturated carbocycles. The Kier molecular flexibility index (Phi) is 4.35. The van der Waals surface area contributed by atoms with Crippen molar-refractivity contribution in [2.45, 2.75) is 92.2 Å². The third kappa shape index (κ3) is 4.48. The van der Waals surface area contributed by atoms with Crippen LogP contribution in [0.5, 0.6) is 0 Å². The Morgan fingerprint density at radius 2 is 1.05 bits per heavy atom. The highest BCUT2D eigenvalue weighted by Crippen LogP contribution is 2.41. The van der Waals surface area contributed by atoms with Crippen molar-refractivity contribution in [3.63, 3.8) is 0 Å². The molecule has 1 nitrogen and oxygen atoms in total. The summed E-state index contributed by atoms with van der Waals surface area (Å²) in [5, 5.41) is 4.03. The van der Waals surface area contributed by atoms with Gasteiger partial charge in [-0.2, -0.15) is 0 Å². The molecular formula is C18H35N. The number of rotatable bonds is 2. The lowest BCUT2D eigenvalue weighted by atomic mass is 9.68. The van der Waals surface area contributed by atoms with Crippen LogP contribution in [-0.2, 0) is 0 Å². The molecular weight excluding hydrogens is 230 g/mol. The highest BCUT2D eigenvalue weighted by atomic mass is 15.0. The summed E-state index contributed by atoms with van der Waals surface area (Å²) >= 11 is 0. The van der Waals surface area contributed by atoms with Crippen molar-refractivity contribution in [1.29, 1.82) is 0 Å². The van der Waals surface area contributed by atoms with Crippen LogP contribution in [0.15, 0.2) is 0 Å². The lowest BCUT2D eigenvalue weighted by Crippen LogP contribution is -2.48. The van der Waals surface area contributed by atoms with E-state index in [9.17, 15) is 0 Å². The second-order valence-electron chi connectivity index (χ2n) is 9.39. The lowest BCUT2D eigenvalue weighted by molar-refractivity contribution is 0.106. The summed E-state index contributed by atoms with van der Waals surface area (Å²) in [4.78, 5) is 0. The first-order valence-electron chi connectivity index (χ1n) is 8.41. The minimum Gasteiger partial charge on any atom is -0.311 e. The molecule has 0 aliphatic heterocycles. The first-order valence-corrected chi connectivity index (χ1v) is 8.41. The zero-order valence-electron chi connectivity index (χ0n) is 14.1. The second-order valence-corrected chi connectivity index (χ2v) is 9.39. The Balaban J connectivity index is 1.93. The van der Waals surface area contributed by atoms with Crippen LogP contribution in [0.1, 0.15) is 80.1 Å². The summed E-state index contributed by atoms with van der Waals surface area (Å²) in [6.45, 7) is 14.7. The molecule has 2 fully saturated rings. The first kappa shape index (κ1) is 15.4. The fourth-order valence-electron chi connectivity index (χ4n) is 5.28. The average molecular weight is 265 g/mol. The Morgan fingerprint density at radius 3 is 1.37 bits per heavy atom. The average Bonchev–Trinajstić information content (AvgIpc) is 2.08. The first-order chi connectivity index (χ1) is 8.65. The fourth-order valence-corrected chi connectivity index (χ4v) is 5.28. The van der Waals surface area contributed by atoms with E-state index in [-0.39, 0.29) is 0 Å². The fraction of sp³-hybridized carbons (Fsp3) is 1.00. The van der Waals surface area contributed by atoms with E-state index in [4.69, 9.17) is 0 Å². The van der Waals surface area contributed by atoms with Gasteiger partial charge in [0.2, 0.25) is 0 Å². The summed E-state index contributed by atoms with van der Waals surface area (Å²) in [6, 6.07) is 1.51. The Morgan fingerprint density at radius 1 is 0.684 bits per heavy atom. The van der Waals surface area contributed by atoms with Gasteiger partial charge in [-0.25, -0.2) is 0 Å². The molecule has 19 heavy (non-hydrogen) atoms. The molecule has 0 aromatic carbocycles. The molecule has 112 valence electrons. The third-order valence-electron chi connectivity index (χ3n) is 5.25. The second kappa shape index (κ2) is 5.39. The summed E-state index contributed by atoms with van der Waals surface area (Å²) < 4.78 is 0. The van der Waals surface area contributed by atoms with E-state index >= 15 is 0 Å². The zero-order valence-corrected chi connectivity index (χ0v) is 14.1. The molecule has 2 aliphatic carbocycles. The molecule has 2 rings (SSSR count). The SMILES string of the molecule is CC1CC(NC2CC(C)CC(C)(C)C2)CC(C)(C)C1. The van der Waals surface area contributed by atoms with Gasteiger partial charge in [-0.3, -0.25) is 0 Å². The van der Waals surface area contributed by atoms with Crippen LogP contribution in [0, 0.1) is 22.7 Å². The molecule has 0 aromatic rings. The molecule has 1 N–H and O–H groups in total. The molecule has 4 atom stereocenters. The minimum absolute atomic E-state index is 0.533. The topological polar surface area (TPSA) is 12.0 Å². The van der Waals surface area contributed by atoms with Gasteiger partial charge in [-0.1, -0.05) is 41.5 Å². The van der Waals surface area contributed by atoms with E-state index in [1.807, 2.05) is 0 Å². The van der Waals surface area contributed by atoms with Gasteiger partial charge in [0.25, 0.3) is 0 Å². The maximum absolute atomic E-state index is 4.03. The van der Waals surface area contributed by atoms with Gasteiger partial charge >= 0.3 is 0 Å². The van der Waals surface area contributed by atoms with Crippen molar-refractivity contribution in [2.75, 3.05) is 0 Å². The minimum atomic E-state index is 0.533. The quantitative estimate of drug-likeness (QED) is 0.740. The van der Waals surface area contributed by atoms with E-state index in [0.717, 1.165) is 23.9 Å². The van der Waals surface area contributed by atoms with E-state index in [2.05, 4.69) is 46.9 Å². The Hall–Kier alpha value is -0.0400. The normalized spacial score (nSPS) is 42.0. The van der Waals surface area contributed by atoms with Gasteiger partial charge in [0.15, 0.2) is 0 Å². The van der Waals surface area contributed by atoms with Crippen molar-refractivity contribution in [3.05, 3.63) is 0 Å². The lowest BCUT2D eigenvalue weighted by Gasteiger charge is -2.44. The van der Waals surface area contributed by atoms with Crippen molar-refractivity contribution in [1.82, 2.24) is 5.32 Å². The molecule has 0 spiro atoms. The third-order valence-corrected chi connectivity index (χ3v) is 5.25. The van der Waals surface area contributed by atoms with Crippen LogP contribution in [0.25, 0.3) is 0 Å². The maximum Gasteiger partial charge on any atom is 0.00772 e. The van der Waals surface area contributed by atoms with Crippen molar-refractivity contribution in [3.8, 4) is 0 Å². The molecule has 0 amide bonds. The van der Waals surface area contributed by atoms with Crippen LogP contribution < -0.4 is 5.32 Å². The summed E-state index contributed by atoms with van der Waals surface area (Å²) in [7, 11) is 0. The van der Waals surface area contributed by atoms with E-state index in [1.54, 1.807) is 0 Å². The van der Waals surface area contributed by atoms with Crippen LogP contribution in [-0.4, -0.2) is 12.1 Å². The summed E-state index contributed by atoms with van der Waals surface area (Å²) in [6.07, 6.45) is 8.30. The molecule has 1 heteroatoms. The van der Waals surface area contributed by atoms with Gasteiger partial charge in [-0.15, -0.1) is 0 Å². The molecule has 0 saturated heterocycles. The van der Waals surface area contributed by atoms with Crippen LogP contribution in [0.2, 0.25) is 0 Å². The van der Waals surface area contributed by atoms with Crippen molar-refractivity contribution < 1.29 is 0 Å². The summed E-state index contributed by atoms with van der Waals surface area (Å²) in [5.41, 5.74) is 1.07. The van der Waals surface area contributed by atoms with E-state index < -0.39 is 0 Å². The highest BCUT2D eigenvalue weighted by Gasteiger charge is 2.36. The molecule has 0 bridgehead atoms. The number of hydrogen-bond donors (Lipinski definition) is 1. The van der Waals surface area contributed by atoms with Crippen LogP contribution in [0.4, 0.5) is 0 Å². The molecule has 2 aliphatic rings. The molecule has 0 aromatic heterocycles. The Bertz CT molecular complexity index is 275. The highest BCUT2D eigenvalue weighted by molar-refractivity contribution is 4.92. The predicted molar refractivity (Wildman–Crippen MR) is 84.3 cm³/mol. The maximum atomic E-state index is 4.03. The Labute approximate surface area is 120 Å². The van der Waals surface area contributed by atoms with Crippen LogP contribution >= 0.6 is 0 Å². The predicted octanol–water partition coefficient (Wildman–Crippen LogP) is 5.01. The largest absolute Gasteiger partial charge is 0.311 e. The van der Waals surface area contributed by atoms with Crippen LogP contribution in [0.3, 0.4) is 0 Å². The monoisotopic (exact) mass is 265 g/mol. The van der Waals surface area contributed by atoms with Crippen molar-refractivity contribution >= 4 is 0 Å². The van der Waals surface area contributed by atoms with E-state index in [0.29, 0.717) is 10.8 Å². The summed E-state index contributed by atoms with van der Waals surface area (Å²) in [5.74, 6) is 1.77. The van der Waals surface area contributed by atoms with Gasteiger partial charge in [0, 0.05) is 12.1 Å². The standard InChI is InChI=1S/C18H35N/c1-13-7-15(11-17(3,4)9-13)19-16-8-14(2)10-18(5,6)12-16/h13-16,19H,7-12H2,1-6H3. The van der Waals surface area contributed by atoms with Gasteiger partial charge in [-0.05, 0) is 61.2 Å². The molecule has 0 radical (unpaired) electrons. The van der Waals surface area contributed by atoms with Gasteiger partial charge in [0.1, 0.15) is 0 Å². The van der Waals surface area contributed by atoms with E-state index in [1.165, 1.54) is 38.5 Å². The van der Waals surface area contributed by atoms with Gasteiger partial charge < -0.3 is 5.32 Å². The zero-order chi connectivity index (χ0) is 14.3. The van der Waals surface area contributed by atoms with Gasteiger partial charge in [0.05, 0.1) is 0 Å². The smallest absolute Gasteiger partial charge is 0.00772 e. The molecule has 0 heterocycles. The van der Waals surface area contributed by atoms with Crippen molar-refractivity contribution in [2.24, 2.45) is 22.7 Å².